The third-order valence-electron chi connectivity index (χ3n) is 3.84. The van der Waals surface area contributed by atoms with Gasteiger partial charge >= 0.3 is 0 Å². The summed E-state index contributed by atoms with van der Waals surface area (Å²) in [6.07, 6.45) is 0.857. The molecule has 0 aliphatic carbocycles. The van der Waals surface area contributed by atoms with Crippen molar-refractivity contribution in [3.63, 3.8) is 0 Å². The molecule has 1 aliphatic heterocycles. The van der Waals surface area contributed by atoms with Gasteiger partial charge in [-0.05, 0) is 38.8 Å². The smallest absolute Gasteiger partial charge is 0.152 e. The minimum atomic E-state index is -0.473. The first-order chi connectivity index (χ1) is 8.85. The molecule has 2 nitrogen and oxygen atoms in total. The molecule has 1 aliphatic rings. The zero-order chi connectivity index (χ0) is 14.2. The standard InChI is InChI=1S/C15H22F2N2/c1-5-11-8-18-15(3,4)9-19(11)14-12(16)7-6-10(2)13(14)17/h6-7,11,18H,5,8-9H2,1-4H3. The maximum atomic E-state index is 14.3. The van der Waals surface area contributed by atoms with Gasteiger partial charge < -0.3 is 10.2 Å². The Labute approximate surface area is 113 Å². The van der Waals surface area contributed by atoms with Crippen LogP contribution in [0.4, 0.5) is 14.5 Å². The predicted octanol–water partition coefficient (Wildman–Crippen LogP) is 3.24. The lowest BCUT2D eigenvalue weighted by atomic mass is 9.96. The first kappa shape index (κ1) is 14.3. The number of rotatable bonds is 2. The van der Waals surface area contributed by atoms with Crippen LogP contribution in [0.15, 0.2) is 12.1 Å². The zero-order valence-electron chi connectivity index (χ0n) is 12.1. The van der Waals surface area contributed by atoms with Crippen LogP contribution < -0.4 is 10.2 Å². The quantitative estimate of drug-likeness (QED) is 0.886. The van der Waals surface area contributed by atoms with E-state index in [2.05, 4.69) is 19.2 Å². The summed E-state index contributed by atoms with van der Waals surface area (Å²) in [4.78, 5) is 1.88. The van der Waals surface area contributed by atoms with Crippen LogP contribution in [0.1, 0.15) is 32.8 Å². The van der Waals surface area contributed by atoms with Gasteiger partial charge in [0.05, 0.1) is 0 Å². The maximum Gasteiger partial charge on any atom is 0.152 e. The van der Waals surface area contributed by atoms with E-state index in [1.54, 1.807) is 6.92 Å². The van der Waals surface area contributed by atoms with E-state index in [1.165, 1.54) is 12.1 Å². The predicted molar refractivity (Wildman–Crippen MR) is 74.6 cm³/mol. The number of nitrogens with zero attached hydrogens (tertiary/aromatic N) is 1. The number of hydrogen-bond acceptors (Lipinski definition) is 2. The fourth-order valence-corrected chi connectivity index (χ4v) is 2.65. The van der Waals surface area contributed by atoms with Crippen molar-refractivity contribution in [2.45, 2.75) is 45.7 Å². The molecule has 1 atom stereocenters. The average Bonchev–Trinajstić information content (AvgIpc) is 2.34. The minimum absolute atomic E-state index is 0.124. The Morgan fingerprint density at radius 1 is 1.37 bits per heavy atom. The number of aryl methyl sites for hydroxylation is 1. The molecule has 4 heteroatoms. The van der Waals surface area contributed by atoms with Crippen molar-refractivity contribution in [1.82, 2.24) is 5.32 Å². The lowest BCUT2D eigenvalue weighted by molar-refractivity contribution is 0.302. The van der Waals surface area contributed by atoms with E-state index in [4.69, 9.17) is 0 Å². The number of hydrogen-bond donors (Lipinski definition) is 1. The molecule has 1 unspecified atom stereocenters. The maximum absolute atomic E-state index is 14.3. The highest BCUT2D eigenvalue weighted by atomic mass is 19.1. The molecule has 106 valence electrons. The largest absolute Gasteiger partial charge is 0.361 e. The van der Waals surface area contributed by atoms with Crippen molar-refractivity contribution >= 4 is 5.69 Å². The third-order valence-corrected chi connectivity index (χ3v) is 3.84. The summed E-state index contributed by atoms with van der Waals surface area (Å²) in [6.45, 7) is 9.17. The van der Waals surface area contributed by atoms with Gasteiger partial charge in [-0.25, -0.2) is 8.78 Å². The van der Waals surface area contributed by atoms with Gasteiger partial charge in [-0.1, -0.05) is 13.0 Å². The van der Waals surface area contributed by atoms with Gasteiger partial charge in [0.25, 0.3) is 0 Å². The van der Waals surface area contributed by atoms with E-state index in [-0.39, 0.29) is 17.3 Å². The fraction of sp³-hybridized carbons (Fsp3) is 0.600. The Bertz CT molecular complexity index is 471. The van der Waals surface area contributed by atoms with E-state index in [9.17, 15) is 8.78 Å². The number of halogens is 2. The first-order valence-corrected chi connectivity index (χ1v) is 6.82. The average molecular weight is 268 g/mol. The summed E-state index contributed by atoms with van der Waals surface area (Å²) >= 11 is 0. The van der Waals surface area contributed by atoms with Crippen LogP contribution in [-0.4, -0.2) is 24.7 Å². The number of nitrogens with one attached hydrogen (secondary N) is 1. The molecule has 0 amide bonds. The number of anilines is 1. The SMILES string of the molecule is CCC1CNC(C)(C)CN1c1c(F)ccc(C)c1F. The summed E-state index contributed by atoms with van der Waals surface area (Å²) in [5.74, 6) is -0.907. The Balaban J connectivity index is 2.45. The molecule has 1 N–H and O–H groups in total. The normalized spacial score (nSPS) is 22.6. The summed E-state index contributed by atoms with van der Waals surface area (Å²) in [5.41, 5.74) is 0.470. The van der Waals surface area contributed by atoms with Crippen LogP contribution in [0.3, 0.4) is 0 Å². The van der Waals surface area contributed by atoms with Gasteiger partial charge in [0, 0.05) is 24.7 Å². The van der Waals surface area contributed by atoms with Crippen molar-refractivity contribution < 1.29 is 8.78 Å². The molecular formula is C15H22F2N2. The second kappa shape index (κ2) is 5.08. The summed E-state index contributed by atoms with van der Waals surface area (Å²) in [7, 11) is 0. The number of benzene rings is 1. The van der Waals surface area contributed by atoms with Crippen LogP contribution >= 0.6 is 0 Å². The van der Waals surface area contributed by atoms with Crippen molar-refractivity contribution in [3.8, 4) is 0 Å². The van der Waals surface area contributed by atoms with Crippen LogP contribution in [0.25, 0.3) is 0 Å². The van der Waals surface area contributed by atoms with Gasteiger partial charge in [0.2, 0.25) is 0 Å². The van der Waals surface area contributed by atoms with Gasteiger partial charge in [-0.2, -0.15) is 0 Å². The second-order valence-corrected chi connectivity index (χ2v) is 5.98. The van der Waals surface area contributed by atoms with Crippen LogP contribution in [0, 0.1) is 18.6 Å². The van der Waals surface area contributed by atoms with Crippen LogP contribution in [0.2, 0.25) is 0 Å². The summed E-state index contributed by atoms with van der Waals surface area (Å²) < 4.78 is 28.4. The molecule has 0 saturated carbocycles. The molecule has 0 radical (unpaired) electrons. The molecule has 1 fully saturated rings. The molecule has 1 aromatic rings. The molecule has 0 aromatic heterocycles. The molecule has 1 saturated heterocycles. The van der Waals surface area contributed by atoms with Gasteiger partial charge in [-0.15, -0.1) is 0 Å². The first-order valence-electron chi connectivity index (χ1n) is 6.82. The van der Waals surface area contributed by atoms with E-state index in [0.29, 0.717) is 12.1 Å². The molecular weight excluding hydrogens is 246 g/mol. The third kappa shape index (κ3) is 2.73. The summed E-state index contributed by atoms with van der Waals surface area (Å²) in [6, 6.07) is 2.97. The van der Waals surface area contributed by atoms with Crippen molar-refractivity contribution in [3.05, 3.63) is 29.3 Å². The van der Waals surface area contributed by atoms with Crippen LogP contribution in [-0.2, 0) is 0 Å². The Morgan fingerprint density at radius 2 is 2.05 bits per heavy atom. The molecule has 2 rings (SSSR count). The molecule has 0 spiro atoms. The molecule has 19 heavy (non-hydrogen) atoms. The zero-order valence-corrected chi connectivity index (χ0v) is 12.1. The van der Waals surface area contributed by atoms with Gasteiger partial charge in [0.15, 0.2) is 5.82 Å². The topological polar surface area (TPSA) is 15.3 Å². The van der Waals surface area contributed by atoms with E-state index in [0.717, 1.165) is 13.0 Å². The Kier molecular flexibility index (Phi) is 3.81. The Hall–Kier alpha value is -1.16. The summed E-state index contributed by atoms with van der Waals surface area (Å²) in [5, 5.41) is 3.43. The van der Waals surface area contributed by atoms with Gasteiger partial charge in [0.1, 0.15) is 11.5 Å². The van der Waals surface area contributed by atoms with Crippen molar-refractivity contribution in [2.24, 2.45) is 0 Å². The lowest BCUT2D eigenvalue weighted by Gasteiger charge is -2.46. The highest BCUT2D eigenvalue weighted by Crippen LogP contribution is 2.31. The highest BCUT2D eigenvalue weighted by molar-refractivity contribution is 5.53. The van der Waals surface area contributed by atoms with E-state index >= 15 is 0 Å². The highest BCUT2D eigenvalue weighted by Gasteiger charge is 2.34. The minimum Gasteiger partial charge on any atom is -0.361 e. The monoisotopic (exact) mass is 268 g/mol. The van der Waals surface area contributed by atoms with E-state index in [1.807, 2.05) is 11.8 Å². The van der Waals surface area contributed by atoms with Gasteiger partial charge in [-0.3, -0.25) is 0 Å². The van der Waals surface area contributed by atoms with Crippen molar-refractivity contribution in [2.75, 3.05) is 18.0 Å². The fourth-order valence-electron chi connectivity index (χ4n) is 2.65. The molecule has 0 bridgehead atoms. The Morgan fingerprint density at radius 3 is 2.68 bits per heavy atom. The second-order valence-electron chi connectivity index (χ2n) is 5.98. The van der Waals surface area contributed by atoms with E-state index < -0.39 is 11.6 Å². The molecule has 1 aromatic carbocycles. The van der Waals surface area contributed by atoms with Crippen molar-refractivity contribution in [1.29, 1.82) is 0 Å². The van der Waals surface area contributed by atoms with Crippen LogP contribution in [0.5, 0.6) is 0 Å². The lowest BCUT2D eigenvalue weighted by Crippen LogP contribution is -2.62. The molecule has 1 heterocycles. The number of piperazine rings is 1.